The molecule has 2 aromatic rings. The zero-order chi connectivity index (χ0) is 10.7. The van der Waals surface area contributed by atoms with Crippen LogP contribution in [0.2, 0.25) is 0 Å². The highest BCUT2D eigenvalue weighted by molar-refractivity contribution is 7.13. The third-order valence-electron chi connectivity index (χ3n) is 1.77. The van der Waals surface area contributed by atoms with Gasteiger partial charge in [0.15, 0.2) is 0 Å². The molecule has 2 heterocycles. The van der Waals surface area contributed by atoms with Crippen molar-refractivity contribution < 1.29 is 4.42 Å². The fraction of sp³-hybridized carbons (Fsp3) is 0.222. The second kappa shape index (κ2) is 4.11. The average molecular weight is 221 g/mol. The van der Waals surface area contributed by atoms with Crippen LogP contribution in [0.15, 0.2) is 26.7 Å². The van der Waals surface area contributed by atoms with Crippen molar-refractivity contribution in [2.24, 2.45) is 0 Å². The van der Waals surface area contributed by atoms with Gasteiger partial charge < -0.3 is 4.42 Å². The molecule has 0 unspecified atom stereocenters. The van der Waals surface area contributed by atoms with E-state index in [1.165, 1.54) is 11.3 Å². The monoisotopic (exact) mass is 221 g/mol. The van der Waals surface area contributed by atoms with Gasteiger partial charge in [-0.2, -0.15) is 9.94 Å². The molecule has 6 heteroatoms. The molecular weight excluding hydrogens is 214 g/mol. The van der Waals surface area contributed by atoms with Crippen molar-refractivity contribution in [2.45, 2.75) is 13.0 Å². The number of aromatic nitrogens is 2. The average Bonchev–Trinajstić information content (AvgIpc) is 2.83. The summed E-state index contributed by atoms with van der Waals surface area (Å²) in [6, 6.07) is 5.63. The molecule has 5 nitrogen and oxygen atoms in total. The topological polar surface area (TPSA) is 71.8 Å². The summed E-state index contributed by atoms with van der Waals surface area (Å²) in [6.07, 6.45) is 0.246. The lowest BCUT2D eigenvalue weighted by molar-refractivity contribution is 0.484. The number of hydrogen-bond donors (Lipinski definition) is 0. The Bertz CT molecular complexity index is 532. The Kier molecular flexibility index (Phi) is 2.65. The van der Waals surface area contributed by atoms with Gasteiger partial charge in [0.1, 0.15) is 0 Å². The Morgan fingerprint density at radius 3 is 3.20 bits per heavy atom. The highest BCUT2D eigenvalue weighted by atomic mass is 32.1. The van der Waals surface area contributed by atoms with Gasteiger partial charge in [0, 0.05) is 0 Å². The van der Waals surface area contributed by atoms with Crippen LogP contribution in [0.25, 0.3) is 10.8 Å². The van der Waals surface area contributed by atoms with E-state index in [0.717, 1.165) is 9.56 Å². The van der Waals surface area contributed by atoms with Crippen LogP contribution < -0.4 is 5.76 Å². The molecule has 0 radical (unpaired) electrons. The fourth-order valence-corrected chi connectivity index (χ4v) is 1.75. The molecule has 0 spiro atoms. The first-order valence-electron chi connectivity index (χ1n) is 4.30. The molecule has 0 aliphatic carbocycles. The Balaban J connectivity index is 2.30. The van der Waals surface area contributed by atoms with Gasteiger partial charge >= 0.3 is 5.76 Å². The first-order valence-corrected chi connectivity index (χ1v) is 5.18. The SMILES string of the molecule is N#CCCn1nc(-c2cccs2)oc1=O. The van der Waals surface area contributed by atoms with Gasteiger partial charge in [0.05, 0.1) is 23.9 Å². The van der Waals surface area contributed by atoms with Crippen LogP contribution in [0.3, 0.4) is 0 Å². The number of rotatable bonds is 3. The molecule has 0 N–H and O–H groups in total. The summed E-state index contributed by atoms with van der Waals surface area (Å²) in [7, 11) is 0. The van der Waals surface area contributed by atoms with E-state index in [9.17, 15) is 4.79 Å². The molecule has 0 amide bonds. The van der Waals surface area contributed by atoms with Crippen LogP contribution in [0.5, 0.6) is 0 Å². The summed E-state index contributed by atoms with van der Waals surface area (Å²) < 4.78 is 6.12. The number of nitrogens with zero attached hydrogens (tertiary/aromatic N) is 3. The van der Waals surface area contributed by atoms with E-state index in [4.69, 9.17) is 9.68 Å². The second-order valence-electron chi connectivity index (χ2n) is 2.78. The lowest BCUT2D eigenvalue weighted by Gasteiger charge is -1.89. The molecule has 0 aliphatic rings. The van der Waals surface area contributed by atoms with Crippen LogP contribution in [0.4, 0.5) is 0 Å². The lowest BCUT2D eigenvalue weighted by atomic mass is 10.5. The summed E-state index contributed by atoms with van der Waals surface area (Å²) in [6.45, 7) is 0.268. The number of nitriles is 1. The first-order chi connectivity index (χ1) is 7.31. The van der Waals surface area contributed by atoms with Gasteiger partial charge in [-0.25, -0.2) is 4.79 Å². The molecule has 15 heavy (non-hydrogen) atoms. The predicted molar refractivity (Wildman–Crippen MR) is 54.3 cm³/mol. The Hall–Kier alpha value is -1.87. The zero-order valence-corrected chi connectivity index (χ0v) is 8.53. The maximum Gasteiger partial charge on any atom is 0.437 e. The molecule has 76 valence electrons. The van der Waals surface area contributed by atoms with Crippen molar-refractivity contribution in [3.8, 4) is 16.8 Å². The minimum Gasteiger partial charge on any atom is -0.387 e. The molecule has 0 saturated heterocycles. The highest BCUT2D eigenvalue weighted by Gasteiger charge is 2.10. The maximum atomic E-state index is 11.3. The van der Waals surface area contributed by atoms with Gasteiger partial charge in [-0.3, -0.25) is 0 Å². The maximum absolute atomic E-state index is 11.3. The van der Waals surface area contributed by atoms with E-state index in [1.54, 1.807) is 0 Å². The van der Waals surface area contributed by atoms with Crippen molar-refractivity contribution in [1.82, 2.24) is 9.78 Å². The normalized spacial score (nSPS) is 10.1. The Morgan fingerprint density at radius 1 is 1.67 bits per heavy atom. The highest BCUT2D eigenvalue weighted by Crippen LogP contribution is 2.20. The van der Waals surface area contributed by atoms with E-state index in [0.29, 0.717) is 5.89 Å². The Morgan fingerprint density at radius 2 is 2.53 bits per heavy atom. The van der Waals surface area contributed by atoms with E-state index < -0.39 is 5.76 Å². The molecular formula is C9H7N3O2S. The van der Waals surface area contributed by atoms with Crippen molar-refractivity contribution in [3.05, 3.63) is 28.1 Å². The first kappa shape index (κ1) is 9.68. The summed E-state index contributed by atoms with van der Waals surface area (Å²) in [5.74, 6) is -0.207. The molecule has 0 saturated carbocycles. The van der Waals surface area contributed by atoms with Crippen molar-refractivity contribution in [1.29, 1.82) is 5.26 Å². The summed E-state index contributed by atoms with van der Waals surface area (Å²) in [5.41, 5.74) is 0. The second-order valence-corrected chi connectivity index (χ2v) is 3.73. The van der Waals surface area contributed by atoms with Gasteiger partial charge in [-0.15, -0.1) is 16.4 Å². The molecule has 0 fully saturated rings. The fourth-order valence-electron chi connectivity index (χ4n) is 1.10. The molecule has 0 atom stereocenters. The van der Waals surface area contributed by atoms with E-state index in [1.807, 2.05) is 23.6 Å². The number of hydrogen-bond acceptors (Lipinski definition) is 5. The molecule has 0 aliphatic heterocycles. The minimum atomic E-state index is -0.520. The van der Waals surface area contributed by atoms with Gasteiger partial charge in [-0.05, 0) is 11.4 Å². The molecule has 0 aromatic carbocycles. The third-order valence-corrected chi connectivity index (χ3v) is 2.63. The van der Waals surface area contributed by atoms with Crippen molar-refractivity contribution in [3.63, 3.8) is 0 Å². The molecule has 0 bridgehead atoms. The van der Waals surface area contributed by atoms with Crippen molar-refractivity contribution in [2.75, 3.05) is 0 Å². The lowest BCUT2D eigenvalue weighted by Crippen LogP contribution is -2.15. The van der Waals surface area contributed by atoms with Crippen LogP contribution >= 0.6 is 11.3 Å². The van der Waals surface area contributed by atoms with Crippen LogP contribution in [0, 0.1) is 11.3 Å². The quantitative estimate of drug-likeness (QED) is 0.786. The molecule has 2 aromatic heterocycles. The van der Waals surface area contributed by atoms with Gasteiger partial charge in [0.2, 0.25) is 0 Å². The zero-order valence-electron chi connectivity index (χ0n) is 7.71. The number of aryl methyl sites for hydroxylation is 1. The largest absolute Gasteiger partial charge is 0.437 e. The smallest absolute Gasteiger partial charge is 0.387 e. The summed E-state index contributed by atoms with van der Waals surface area (Å²) in [4.78, 5) is 12.1. The summed E-state index contributed by atoms with van der Waals surface area (Å²) in [5, 5.41) is 14.3. The standard InChI is InChI=1S/C9H7N3O2S/c10-4-2-5-12-9(13)14-8(11-12)7-3-1-6-15-7/h1,3,6H,2,5H2. The van der Waals surface area contributed by atoms with Crippen molar-refractivity contribution >= 4 is 11.3 Å². The molecule has 2 rings (SSSR count). The van der Waals surface area contributed by atoms with Crippen LogP contribution in [-0.2, 0) is 6.54 Å². The van der Waals surface area contributed by atoms with Gasteiger partial charge in [0.25, 0.3) is 5.89 Å². The predicted octanol–water partition coefficient (Wildman–Crippen LogP) is 1.48. The summed E-state index contributed by atoms with van der Waals surface area (Å²) >= 11 is 1.45. The van der Waals surface area contributed by atoms with Gasteiger partial charge in [-0.1, -0.05) is 6.07 Å². The van der Waals surface area contributed by atoms with E-state index >= 15 is 0 Å². The van der Waals surface area contributed by atoms with Crippen LogP contribution in [-0.4, -0.2) is 9.78 Å². The number of thiophene rings is 1. The third kappa shape index (κ3) is 1.97. The Labute approximate surface area is 89.2 Å². The minimum absolute atomic E-state index is 0.246. The van der Waals surface area contributed by atoms with E-state index in [2.05, 4.69) is 5.10 Å². The van der Waals surface area contributed by atoms with E-state index in [-0.39, 0.29) is 13.0 Å². The van der Waals surface area contributed by atoms with Crippen LogP contribution in [0.1, 0.15) is 6.42 Å².